The Morgan fingerprint density at radius 1 is 0.591 bits per heavy atom. The first kappa shape index (κ1) is 30.8. The first-order valence-corrected chi connectivity index (χ1v) is 15.2. The van der Waals surface area contributed by atoms with Gasteiger partial charge in [-0.1, -0.05) is 18.6 Å². The monoisotopic (exact) mass is 592 g/mol. The Balaban J connectivity index is 1.13. The molecule has 1 aliphatic carbocycles. The minimum atomic E-state index is 0.0621. The molecule has 0 saturated heterocycles. The number of Topliss-reactive ketones (excluding diaryl/α,β-unsaturated/α-hetero) is 2. The number of rotatable bonds is 12. The molecule has 0 amide bonds. The number of anilines is 2. The molecule has 1 aliphatic rings. The zero-order valence-corrected chi connectivity index (χ0v) is 26.0. The van der Waals surface area contributed by atoms with Gasteiger partial charge in [-0.15, -0.1) is 0 Å². The van der Waals surface area contributed by atoms with Crippen molar-refractivity contribution in [3.05, 3.63) is 94.8 Å². The van der Waals surface area contributed by atoms with Crippen molar-refractivity contribution in [2.24, 2.45) is 0 Å². The highest BCUT2D eigenvalue weighted by Gasteiger charge is 2.27. The Kier molecular flexibility index (Phi) is 9.99. The highest BCUT2D eigenvalue weighted by molar-refractivity contribution is 5.83. The number of ketones is 2. The smallest absolute Gasteiger partial charge is 0.144 e. The van der Waals surface area contributed by atoms with E-state index in [1.54, 1.807) is 0 Å². The number of nitrogens with zero attached hydrogens (tertiary/aromatic N) is 8. The quantitative estimate of drug-likeness (QED) is 0.235. The fourth-order valence-corrected chi connectivity index (χ4v) is 5.65. The molecule has 10 nitrogen and oxygen atoms in total. The van der Waals surface area contributed by atoms with Gasteiger partial charge in [0.2, 0.25) is 0 Å². The van der Waals surface area contributed by atoms with Crippen LogP contribution in [0.15, 0.2) is 60.7 Å². The van der Waals surface area contributed by atoms with Crippen molar-refractivity contribution in [3.8, 4) is 0 Å². The molecule has 228 valence electrons. The number of hydrogen-bond donors (Lipinski definition) is 0. The second kappa shape index (κ2) is 14.2. The van der Waals surface area contributed by atoms with Crippen LogP contribution in [0.5, 0.6) is 0 Å². The number of aromatic nitrogens is 6. The molecule has 0 aromatic carbocycles. The molecule has 0 spiro atoms. The normalized spacial score (nSPS) is 16.4. The largest absolute Gasteiger partial charge is 0.363 e. The van der Waals surface area contributed by atoms with E-state index in [-0.39, 0.29) is 49.1 Å². The molecule has 0 radical (unpaired) electrons. The zero-order valence-electron chi connectivity index (χ0n) is 26.0. The molecule has 0 unspecified atom stereocenters. The van der Waals surface area contributed by atoms with Gasteiger partial charge in [-0.3, -0.25) is 9.59 Å². The van der Waals surface area contributed by atoms with E-state index in [4.69, 9.17) is 0 Å². The zero-order chi connectivity index (χ0) is 31.1. The van der Waals surface area contributed by atoms with Crippen LogP contribution in [0, 0.1) is 0 Å². The second-order valence-corrected chi connectivity index (χ2v) is 12.0. The molecule has 1 saturated carbocycles. The van der Waals surface area contributed by atoms with Crippen LogP contribution in [0.25, 0.3) is 0 Å². The minimum Gasteiger partial charge on any atom is -0.363 e. The second-order valence-electron chi connectivity index (χ2n) is 12.0. The summed E-state index contributed by atoms with van der Waals surface area (Å²) in [6.07, 6.45) is 5.08. The van der Waals surface area contributed by atoms with Crippen molar-refractivity contribution in [2.45, 2.75) is 63.2 Å². The van der Waals surface area contributed by atoms with Gasteiger partial charge in [-0.2, -0.15) is 20.4 Å². The van der Waals surface area contributed by atoms with Crippen LogP contribution in [0.2, 0.25) is 0 Å². The van der Waals surface area contributed by atoms with Gasteiger partial charge in [-0.05, 0) is 67.8 Å². The Labute approximate surface area is 259 Å². The molecule has 44 heavy (non-hydrogen) atoms. The third-order valence-electron chi connectivity index (χ3n) is 8.01. The first-order valence-electron chi connectivity index (χ1n) is 15.2. The van der Waals surface area contributed by atoms with Crippen molar-refractivity contribution in [1.29, 1.82) is 0 Å². The van der Waals surface area contributed by atoms with Gasteiger partial charge in [0, 0.05) is 52.9 Å². The topological polar surface area (TPSA) is 118 Å². The minimum absolute atomic E-state index is 0.0621. The number of carbonyl (C=O) groups is 2. The van der Waals surface area contributed by atoms with E-state index in [0.29, 0.717) is 11.4 Å². The molecule has 0 bridgehead atoms. The van der Waals surface area contributed by atoms with E-state index < -0.39 is 0 Å². The van der Waals surface area contributed by atoms with Crippen LogP contribution in [0.4, 0.5) is 11.6 Å². The van der Waals surface area contributed by atoms with Gasteiger partial charge in [0.25, 0.3) is 0 Å². The summed E-state index contributed by atoms with van der Waals surface area (Å²) in [7, 11) is 7.72. The number of hydrogen-bond acceptors (Lipinski definition) is 10. The van der Waals surface area contributed by atoms with Crippen LogP contribution in [-0.4, -0.2) is 70.1 Å². The summed E-state index contributed by atoms with van der Waals surface area (Å²) in [5.74, 6) is 2.34. The summed E-state index contributed by atoms with van der Waals surface area (Å²) < 4.78 is 0. The molecule has 4 aromatic rings. The van der Waals surface area contributed by atoms with Gasteiger partial charge >= 0.3 is 0 Å². The lowest BCUT2D eigenvalue weighted by atomic mass is 9.78. The summed E-state index contributed by atoms with van der Waals surface area (Å²) in [5, 5.41) is 17.8. The van der Waals surface area contributed by atoms with E-state index in [1.165, 1.54) is 0 Å². The number of pyridine rings is 2. The lowest BCUT2D eigenvalue weighted by Crippen LogP contribution is -2.17. The summed E-state index contributed by atoms with van der Waals surface area (Å²) in [6.45, 7) is 0. The van der Waals surface area contributed by atoms with E-state index >= 15 is 0 Å². The average Bonchev–Trinajstić information content (AvgIpc) is 3.02. The SMILES string of the molecule is CN(C)c1cccc(CC(=O)Cc2ccc([C@H]3CCC[C@H](c4ccc(CC(=O)Cc5cccc(N(C)C)n5)nn4)C3)nn2)n1. The Bertz CT molecular complexity index is 1450. The first-order chi connectivity index (χ1) is 21.2. The van der Waals surface area contributed by atoms with Gasteiger partial charge in [-0.25, -0.2) is 9.97 Å². The van der Waals surface area contributed by atoms with Crippen LogP contribution in [0.3, 0.4) is 0 Å². The van der Waals surface area contributed by atoms with E-state index in [9.17, 15) is 9.59 Å². The van der Waals surface area contributed by atoms with Crippen molar-refractivity contribution < 1.29 is 9.59 Å². The standard InChI is InChI=1S/C34H40N8O2/c1-41(2)33-12-6-10-25(35-33)19-29(43)21-27-14-16-31(39-37-27)23-8-5-9-24(18-23)32-17-15-28(38-40-32)22-30(44)20-26-11-7-13-34(36-26)42(3)4/h6-7,10-17,23-24H,5,8-9,18-22H2,1-4H3/t23-,24-/m0/s1. The fraction of sp³-hybridized carbons (Fsp3) is 0.412. The molecule has 1 fully saturated rings. The molecule has 10 heteroatoms. The average molecular weight is 593 g/mol. The predicted octanol–water partition coefficient (Wildman–Crippen LogP) is 4.34. The number of carbonyl (C=O) groups excluding carboxylic acids is 2. The van der Waals surface area contributed by atoms with Crippen molar-refractivity contribution in [2.75, 3.05) is 38.0 Å². The third kappa shape index (κ3) is 8.27. The maximum Gasteiger partial charge on any atom is 0.144 e. The predicted molar refractivity (Wildman–Crippen MR) is 170 cm³/mol. The maximum absolute atomic E-state index is 12.7. The molecular weight excluding hydrogens is 552 g/mol. The molecule has 0 N–H and O–H groups in total. The third-order valence-corrected chi connectivity index (χ3v) is 8.01. The summed E-state index contributed by atoms with van der Waals surface area (Å²) in [5.41, 5.74) is 4.76. The van der Waals surface area contributed by atoms with Gasteiger partial charge < -0.3 is 9.80 Å². The molecule has 0 aliphatic heterocycles. The van der Waals surface area contributed by atoms with Crippen molar-refractivity contribution >= 4 is 23.2 Å². The van der Waals surface area contributed by atoms with Crippen LogP contribution >= 0.6 is 0 Å². The fourth-order valence-electron chi connectivity index (χ4n) is 5.65. The molecular formula is C34H40N8O2. The maximum atomic E-state index is 12.7. The van der Waals surface area contributed by atoms with E-state index in [1.807, 2.05) is 98.7 Å². The van der Waals surface area contributed by atoms with Crippen LogP contribution in [-0.2, 0) is 35.3 Å². The van der Waals surface area contributed by atoms with Gasteiger partial charge in [0.1, 0.15) is 23.2 Å². The summed E-state index contributed by atoms with van der Waals surface area (Å²) in [6, 6.07) is 19.3. The molecule has 4 heterocycles. The summed E-state index contributed by atoms with van der Waals surface area (Å²) >= 11 is 0. The van der Waals surface area contributed by atoms with Gasteiger partial charge in [0.05, 0.1) is 47.0 Å². The van der Waals surface area contributed by atoms with Crippen molar-refractivity contribution in [3.63, 3.8) is 0 Å². The Morgan fingerprint density at radius 2 is 1.02 bits per heavy atom. The highest BCUT2D eigenvalue weighted by Crippen LogP contribution is 2.39. The van der Waals surface area contributed by atoms with Crippen LogP contribution < -0.4 is 9.80 Å². The van der Waals surface area contributed by atoms with E-state index in [0.717, 1.165) is 60.1 Å². The summed E-state index contributed by atoms with van der Waals surface area (Å²) in [4.78, 5) is 38.3. The van der Waals surface area contributed by atoms with Crippen LogP contribution in [0.1, 0.15) is 71.7 Å². The Hall–Kier alpha value is -4.60. The van der Waals surface area contributed by atoms with Gasteiger partial charge in [0.15, 0.2) is 0 Å². The van der Waals surface area contributed by atoms with Crippen molar-refractivity contribution in [1.82, 2.24) is 30.4 Å². The lowest BCUT2D eigenvalue weighted by molar-refractivity contribution is -0.118. The molecule has 4 aromatic heterocycles. The molecule has 5 rings (SSSR count). The Morgan fingerprint density at radius 3 is 1.41 bits per heavy atom. The lowest BCUT2D eigenvalue weighted by Gasteiger charge is -2.28. The highest BCUT2D eigenvalue weighted by atomic mass is 16.1. The molecule has 2 atom stereocenters. The van der Waals surface area contributed by atoms with E-state index in [2.05, 4.69) is 30.4 Å².